The number of hydrogen-bond acceptors (Lipinski definition) is 5. The number of fused-ring (bicyclic) bond motifs is 1. The van der Waals surface area contributed by atoms with Gasteiger partial charge in [-0.3, -0.25) is 19.5 Å². The zero-order valence-corrected chi connectivity index (χ0v) is 18.6. The highest BCUT2D eigenvalue weighted by molar-refractivity contribution is 5.95. The van der Waals surface area contributed by atoms with Gasteiger partial charge in [0, 0.05) is 37.9 Å². The van der Waals surface area contributed by atoms with E-state index in [4.69, 9.17) is 0 Å². The van der Waals surface area contributed by atoms with Gasteiger partial charge in [-0.15, -0.1) is 5.10 Å². The van der Waals surface area contributed by atoms with Crippen molar-refractivity contribution < 1.29 is 4.79 Å². The predicted molar refractivity (Wildman–Crippen MR) is 117 cm³/mol. The first kappa shape index (κ1) is 20.0. The Bertz CT molecular complexity index is 1200. The van der Waals surface area contributed by atoms with Crippen molar-refractivity contribution in [2.24, 2.45) is 5.41 Å². The van der Waals surface area contributed by atoms with E-state index in [1.165, 1.54) is 9.20 Å². The minimum Gasteiger partial charge on any atom is -0.338 e. The molecule has 0 saturated carbocycles. The van der Waals surface area contributed by atoms with Crippen LogP contribution in [-0.2, 0) is 0 Å². The van der Waals surface area contributed by atoms with E-state index in [1.54, 1.807) is 24.5 Å². The van der Waals surface area contributed by atoms with Crippen LogP contribution in [-0.4, -0.2) is 71.8 Å². The molecule has 2 fully saturated rings. The monoisotopic (exact) mass is 423 g/mol. The topological polar surface area (TPSA) is 91.5 Å². The van der Waals surface area contributed by atoms with Crippen LogP contribution < -0.4 is 5.56 Å². The molecule has 2 saturated heterocycles. The standard InChI is InChI=1S/C22H29N7O2/c1-15-16(12-23-29(15)20-24-18(30)17-6-5-9-28(17)25-20)19(31)26-10-7-22(8-11-26)13-27(14-22)21(2,3)4/h5-6,9,12H,7-8,10-11,13-14H2,1-4H3,(H,24,25,30). The Labute approximate surface area is 180 Å². The summed E-state index contributed by atoms with van der Waals surface area (Å²) < 4.78 is 3.03. The highest BCUT2D eigenvalue weighted by Crippen LogP contribution is 2.43. The molecule has 164 valence electrons. The Kier molecular flexibility index (Phi) is 4.37. The molecular weight excluding hydrogens is 394 g/mol. The quantitative estimate of drug-likeness (QED) is 0.679. The molecule has 1 amide bonds. The number of nitrogens with zero attached hydrogens (tertiary/aromatic N) is 6. The first-order valence-corrected chi connectivity index (χ1v) is 10.8. The van der Waals surface area contributed by atoms with Gasteiger partial charge in [0.05, 0.1) is 17.5 Å². The van der Waals surface area contributed by atoms with Crippen LogP contribution in [0.15, 0.2) is 29.3 Å². The maximum atomic E-state index is 13.2. The Morgan fingerprint density at radius 1 is 1.19 bits per heavy atom. The molecule has 5 rings (SSSR count). The molecular formula is C22H29N7O2. The van der Waals surface area contributed by atoms with Gasteiger partial charge in [-0.05, 0) is 58.1 Å². The summed E-state index contributed by atoms with van der Waals surface area (Å²) in [5.74, 6) is 0.287. The SMILES string of the molecule is Cc1c(C(=O)N2CCC3(CC2)CN(C(C)(C)C)C3)cnn1-c1nn2cccc2c(=O)[nH]1. The van der Waals surface area contributed by atoms with Crippen molar-refractivity contribution in [2.75, 3.05) is 26.2 Å². The van der Waals surface area contributed by atoms with Gasteiger partial charge >= 0.3 is 0 Å². The third kappa shape index (κ3) is 3.27. The van der Waals surface area contributed by atoms with Crippen LogP contribution in [0.5, 0.6) is 0 Å². The number of carbonyl (C=O) groups is 1. The van der Waals surface area contributed by atoms with Crippen molar-refractivity contribution in [1.82, 2.24) is 34.2 Å². The molecule has 5 heterocycles. The average Bonchev–Trinajstić information content (AvgIpc) is 3.31. The minimum atomic E-state index is -0.246. The van der Waals surface area contributed by atoms with Gasteiger partial charge in [-0.2, -0.15) is 5.10 Å². The van der Waals surface area contributed by atoms with E-state index in [2.05, 4.69) is 40.9 Å². The highest BCUT2D eigenvalue weighted by atomic mass is 16.2. The van der Waals surface area contributed by atoms with Gasteiger partial charge in [-0.1, -0.05) is 0 Å². The second kappa shape index (κ2) is 6.78. The zero-order valence-electron chi connectivity index (χ0n) is 18.6. The van der Waals surface area contributed by atoms with Crippen molar-refractivity contribution >= 4 is 11.4 Å². The molecule has 3 aromatic rings. The molecule has 2 aliphatic rings. The van der Waals surface area contributed by atoms with Crippen LogP contribution in [0.4, 0.5) is 0 Å². The molecule has 31 heavy (non-hydrogen) atoms. The maximum absolute atomic E-state index is 13.2. The Balaban J connectivity index is 1.31. The average molecular weight is 424 g/mol. The number of nitrogens with one attached hydrogen (secondary N) is 1. The zero-order chi connectivity index (χ0) is 22.0. The summed E-state index contributed by atoms with van der Waals surface area (Å²) in [6.45, 7) is 12.4. The van der Waals surface area contributed by atoms with Gasteiger partial charge < -0.3 is 4.90 Å². The number of aromatic amines is 1. The third-order valence-corrected chi connectivity index (χ3v) is 6.94. The number of rotatable bonds is 2. The summed E-state index contributed by atoms with van der Waals surface area (Å²) in [7, 11) is 0. The van der Waals surface area contributed by atoms with E-state index < -0.39 is 0 Å². The second-order valence-electron chi connectivity index (χ2n) is 9.99. The first-order valence-electron chi connectivity index (χ1n) is 10.8. The van der Waals surface area contributed by atoms with Crippen molar-refractivity contribution in [3.05, 3.63) is 46.1 Å². The summed E-state index contributed by atoms with van der Waals surface area (Å²) in [4.78, 5) is 32.7. The predicted octanol–water partition coefficient (Wildman–Crippen LogP) is 1.85. The Hall–Kier alpha value is -2.94. The molecule has 0 aromatic carbocycles. The summed E-state index contributed by atoms with van der Waals surface area (Å²) in [6.07, 6.45) is 5.37. The minimum absolute atomic E-state index is 0.00464. The molecule has 3 aromatic heterocycles. The van der Waals surface area contributed by atoms with Gasteiger partial charge in [0.2, 0.25) is 5.95 Å². The second-order valence-corrected chi connectivity index (χ2v) is 9.99. The lowest BCUT2D eigenvalue weighted by Gasteiger charge is -2.58. The smallest absolute Gasteiger partial charge is 0.276 e. The molecule has 9 heteroatoms. The van der Waals surface area contributed by atoms with E-state index in [1.807, 2.05) is 11.8 Å². The fourth-order valence-electron chi connectivity index (χ4n) is 4.77. The van der Waals surface area contributed by atoms with Crippen molar-refractivity contribution in [1.29, 1.82) is 0 Å². The number of piperidine rings is 1. The summed E-state index contributed by atoms with van der Waals surface area (Å²) in [5, 5.41) is 8.75. The van der Waals surface area contributed by atoms with Gasteiger partial charge in [0.25, 0.3) is 11.5 Å². The Morgan fingerprint density at radius 3 is 2.58 bits per heavy atom. The highest BCUT2D eigenvalue weighted by Gasteiger charge is 2.48. The summed E-state index contributed by atoms with van der Waals surface area (Å²) in [6, 6.07) is 3.46. The molecule has 0 bridgehead atoms. The number of H-pyrrole nitrogens is 1. The van der Waals surface area contributed by atoms with Gasteiger partial charge in [-0.25, -0.2) is 9.20 Å². The number of carbonyl (C=O) groups excluding carboxylic acids is 1. The third-order valence-electron chi connectivity index (χ3n) is 6.94. The molecule has 2 aliphatic heterocycles. The number of amides is 1. The lowest BCUT2D eigenvalue weighted by Crippen LogP contribution is -2.65. The molecule has 0 radical (unpaired) electrons. The van der Waals surface area contributed by atoms with Crippen molar-refractivity contribution in [3.63, 3.8) is 0 Å². The molecule has 0 unspecified atom stereocenters. The lowest BCUT2D eigenvalue weighted by atomic mass is 9.70. The van der Waals surface area contributed by atoms with Crippen LogP contribution in [0.3, 0.4) is 0 Å². The fraction of sp³-hybridized carbons (Fsp3) is 0.545. The van der Waals surface area contributed by atoms with E-state index >= 15 is 0 Å². The van der Waals surface area contributed by atoms with Crippen LogP contribution in [0.1, 0.15) is 49.7 Å². The van der Waals surface area contributed by atoms with Crippen LogP contribution >= 0.6 is 0 Å². The van der Waals surface area contributed by atoms with Crippen LogP contribution in [0, 0.1) is 12.3 Å². The lowest BCUT2D eigenvalue weighted by molar-refractivity contribution is -0.0862. The summed E-state index contributed by atoms with van der Waals surface area (Å²) in [5.41, 5.74) is 2.01. The largest absolute Gasteiger partial charge is 0.338 e. The summed E-state index contributed by atoms with van der Waals surface area (Å²) >= 11 is 0. The molecule has 9 nitrogen and oxygen atoms in total. The van der Waals surface area contributed by atoms with Crippen LogP contribution in [0.25, 0.3) is 11.5 Å². The fourth-order valence-corrected chi connectivity index (χ4v) is 4.77. The van der Waals surface area contributed by atoms with E-state index in [9.17, 15) is 9.59 Å². The van der Waals surface area contributed by atoms with Crippen molar-refractivity contribution in [2.45, 2.75) is 46.1 Å². The van der Waals surface area contributed by atoms with Gasteiger partial charge in [0.1, 0.15) is 5.52 Å². The molecule has 0 atom stereocenters. The van der Waals surface area contributed by atoms with E-state index in [0.29, 0.717) is 28.1 Å². The van der Waals surface area contributed by atoms with E-state index in [0.717, 1.165) is 39.0 Å². The molecule has 0 aliphatic carbocycles. The number of hydrogen-bond donors (Lipinski definition) is 1. The number of likely N-dealkylation sites (tertiary alicyclic amines) is 2. The Morgan fingerprint density at radius 2 is 1.90 bits per heavy atom. The van der Waals surface area contributed by atoms with Gasteiger partial charge in [0.15, 0.2) is 0 Å². The molecule has 1 N–H and O–H groups in total. The van der Waals surface area contributed by atoms with Crippen molar-refractivity contribution in [3.8, 4) is 5.95 Å². The first-order chi connectivity index (χ1) is 14.7. The normalized spacial score (nSPS) is 19.2. The van der Waals surface area contributed by atoms with Crippen LogP contribution in [0.2, 0.25) is 0 Å². The molecule has 1 spiro atoms. The maximum Gasteiger partial charge on any atom is 0.276 e. The number of aromatic nitrogens is 5. The van der Waals surface area contributed by atoms with E-state index in [-0.39, 0.29) is 17.0 Å².